The predicted molar refractivity (Wildman–Crippen MR) is 91.3 cm³/mol. The summed E-state index contributed by atoms with van der Waals surface area (Å²) in [6, 6.07) is 4.14. The van der Waals surface area contributed by atoms with Crippen molar-refractivity contribution in [2.75, 3.05) is 33.8 Å². The monoisotopic (exact) mass is 358 g/mol. The van der Waals surface area contributed by atoms with Gasteiger partial charge in [0.2, 0.25) is 0 Å². The van der Waals surface area contributed by atoms with Crippen LogP contribution in [0.1, 0.15) is 26.3 Å². The van der Waals surface area contributed by atoms with Crippen LogP contribution in [0.3, 0.4) is 0 Å². The van der Waals surface area contributed by atoms with Gasteiger partial charge in [-0.25, -0.2) is 0 Å². The second-order valence-corrected chi connectivity index (χ2v) is 6.34. The summed E-state index contributed by atoms with van der Waals surface area (Å²) in [5.41, 5.74) is 1.18. The summed E-state index contributed by atoms with van der Waals surface area (Å²) in [5, 5.41) is 3.43. The molecule has 5 heteroatoms. The van der Waals surface area contributed by atoms with Crippen LogP contribution in [0.2, 0.25) is 0 Å². The number of nitrogens with zero attached hydrogens (tertiary/aromatic N) is 1. The van der Waals surface area contributed by atoms with Crippen LogP contribution < -0.4 is 14.8 Å². The fourth-order valence-corrected chi connectivity index (χ4v) is 2.45. The summed E-state index contributed by atoms with van der Waals surface area (Å²) < 4.78 is 12.5. The molecule has 120 valence electrons. The third-order valence-electron chi connectivity index (χ3n) is 2.79. The van der Waals surface area contributed by atoms with Crippen molar-refractivity contribution in [3.8, 4) is 11.5 Å². The number of hydrogen-bond donors (Lipinski definition) is 1. The molecule has 0 saturated carbocycles. The normalized spacial score (nSPS) is 11.2. The van der Waals surface area contributed by atoms with E-state index in [1.165, 1.54) is 5.56 Å². The molecule has 0 spiro atoms. The van der Waals surface area contributed by atoms with Crippen molar-refractivity contribution in [3.63, 3.8) is 0 Å². The number of ether oxygens (including phenoxy) is 2. The topological polar surface area (TPSA) is 33.7 Å². The van der Waals surface area contributed by atoms with E-state index in [-0.39, 0.29) is 6.10 Å². The summed E-state index contributed by atoms with van der Waals surface area (Å²) in [6.07, 6.45) is 0.115. The highest BCUT2D eigenvalue weighted by atomic mass is 79.9. The van der Waals surface area contributed by atoms with Gasteiger partial charge in [0.1, 0.15) is 0 Å². The molecule has 0 saturated heterocycles. The number of likely N-dealkylation sites (N-methyl/N-ethyl adjacent to an activating group) is 1. The molecule has 0 unspecified atom stereocenters. The van der Waals surface area contributed by atoms with E-state index >= 15 is 0 Å². The Morgan fingerprint density at radius 2 is 2.00 bits per heavy atom. The Morgan fingerprint density at radius 1 is 1.29 bits per heavy atom. The van der Waals surface area contributed by atoms with Crippen molar-refractivity contribution in [1.29, 1.82) is 0 Å². The molecule has 0 bridgehead atoms. The third-order valence-corrected chi connectivity index (χ3v) is 3.38. The summed E-state index contributed by atoms with van der Waals surface area (Å²) in [7, 11) is 4.15. The zero-order valence-electron chi connectivity index (χ0n) is 13.7. The molecule has 1 N–H and O–H groups in total. The SMILES string of the molecule is CCOc1cc(CNCCN(C)C)cc(Br)c1OC(C)C. The highest BCUT2D eigenvalue weighted by Gasteiger charge is 2.13. The number of nitrogens with one attached hydrogen (secondary N) is 1. The Balaban J connectivity index is 2.77. The van der Waals surface area contributed by atoms with Crippen molar-refractivity contribution in [2.24, 2.45) is 0 Å². The maximum absolute atomic E-state index is 5.84. The first-order chi connectivity index (χ1) is 9.93. The molecule has 1 rings (SSSR count). The number of halogens is 1. The van der Waals surface area contributed by atoms with Gasteiger partial charge in [0.05, 0.1) is 17.2 Å². The van der Waals surface area contributed by atoms with Crippen molar-refractivity contribution >= 4 is 15.9 Å². The lowest BCUT2D eigenvalue weighted by Crippen LogP contribution is -2.26. The summed E-state index contributed by atoms with van der Waals surface area (Å²) >= 11 is 3.59. The maximum atomic E-state index is 5.84. The Kier molecular flexibility index (Phi) is 8.07. The molecule has 1 aromatic carbocycles. The number of rotatable bonds is 9. The first-order valence-corrected chi connectivity index (χ1v) is 8.20. The molecule has 0 fully saturated rings. The van der Waals surface area contributed by atoms with Gasteiger partial charge in [-0.3, -0.25) is 0 Å². The summed E-state index contributed by atoms with van der Waals surface area (Å²) in [6.45, 7) is 9.42. The fraction of sp³-hybridized carbons (Fsp3) is 0.625. The van der Waals surface area contributed by atoms with Crippen LogP contribution in [0.25, 0.3) is 0 Å². The van der Waals surface area contributed by atoms with E-state index in [0.717, 1.165) is 35.6 Å². The van der Waals surface area contributed by atoms with Crippen LogP contribution in [0.5, 0.6) is 11.5 Å². The van der Waals surface area contributed by atoms with Crippen LogP contribution in [-0.4, -0.2) is 44.8 Å². The molecule has 0 aliphatic rings. The van der Waals surface area contributed by atoms with Crippen molar-refractivity contribution in [2.45, 2.75) is 33.4 Å². The van der Waals surface area contributed by atoms with E-state index in [1.54, 1.807) is 0 Å². The maximum Gasteiger partial charge on any atom is 0.175 e. The zero-order valence-corrected chi connectivity index (χ0v) is 15.3. The Morgan fingerprint density at radius 3 is 2.57 bits per heavy atom. The van der Waals surface area contributed by atoms with Gasteiger partial charge in [0.15, 0.2) is 11.5 Å². The molecule has 1 aromatic rings. The van der Waals surface area contributed by atoms with Gasteiger partial charge >= 0.3 is 0 Å². The summed E-state index contributed by atoms with van der Waals surface area (Å²) in [4.78, 5) is 2.16. The van der Waals surface area contributed by atoms with Crippen LogP contribution in [0.15, 0.2) is 16.6 Å². The van der Waals surface area contributed by atoms with Crippen LogP contribution in [-0.2, 0) is 6.54 Å². The number of benzene rings is 1. The molecule has 0 amide bonds. The largest absolute Gasteiger partial charge is 0.490 e. The Labute approximate surface area is 136 Å². The third kappa shape index (κ3) is 6.68. The molecule has 21 heavy (non-hydrogen) atoms. The second-order valence-electron chi connectivity index (χ2n) is 5.48. The van der Waals surface area contributed by atoms with Crippen LogP contribution in [0.4, 0.5) is 0 Å². The van der Waals surface area contributed by atoms with Crippen LogP contribution in [0, 0.1) is 0 Å². The van der Waals surface area contributed by atoms with Gasteiger partial charge in [-0.15, -0.1) is 0 Å². The zero-order chi connectivity index (χ0) is 15.8. The number of hydrogen-bond acceptors (Lipinski definition) is 4. The van der Waals surface area contributed by atoms with E-state index in [0.29, 0.717) is 6.61 Å². The Hall–Kier alpha value is -0.780. The first-order valence-electron chi connectivity index (χ1n) is 7.41. The minimum Gasteiger partial charge on any atom is -0.490 e. The Bertz CT molecular complexity index is 437. The van der Waals surface area contributed by atoms with Gasteiger partial charge in [0, 0.05) is 19.6 Å². The minimum atomic E-state index is 0.115. The highest BCUT2D eigenvalue weighted by molar-refractivity contribution is 9.10. The molecule has 0 atom stereocenters. The van der Waals surface area contributed by atoms with E-state index in [1.807, 2.05) is 20.8 Å². The van der Waals surface area contributed by atoms with Crippen molar-refractivity contribution in [1.82, 2.24) is 10.2 Å². The molecule has 0 aliphatic heterocycles. The van der Waals surface area contributed by atoms with Gasteiger partial charge < -0.3 is 19.7 Å². The van der Waals surface area contributed by atoms with Crippen molar-refractivity contribution < 1.29 is 9.47 Å². The fourth-order valence-electron chi connectivity index (χ4n) is 1.87. The average Bonchev–Trinajstić information content (AvgIpc) is 2.38. The lowest BCUT2D eigenvalue weighted by Gasteiger charge is -2.18. The molecular formula is C16H27BrN2O2. The lowest BCUT2D eigenvalue weighted by molar-refractivity contribution is 0.222. The van der Waals surface area contributed by atoms with Crippen molar-refractivity contribution in [3.05, 3.63) is 22.2 Å². The standard InChI is InChI=1S/C16H27BrN2O2/c1-6-20-15-10-13(11-18-7-8-19(4)5)9-14(17)16(15)21-12(2)3/h9-10,12,18H,6-8,11H2,1-5H3. The predicted octanol–water partition coefficient (Wildman–Crippen LogP) is 3.29. The molecule has 0 heterocycles. The highest BCUT2D eigenvalue weighted by Crippen LogP contribution is 2.37. The smallest absolute Gasteiger partial charge is 0.175 e. The average molecular weight is 359 g/mol. The van der Waals surface area contributed by atoms with E-state index in [2.05, 4.69) is 52.4 Å². The molecule has 0 aliphatic carbocycles. The quantitative estimate of drug-likeness (QED) is 0.686. The van der Waals surface area contributed by atoms with E-state index < -0.39 is 0 Å². The van der Waals surface area contributed by atoms with E-state index in [4.69, 9.17) is 9.47 Å². The minimum absolute atomic E-state index is 0.115. The molecule has 0 aromatic heterocycles. The van der Waals surface area contributed by atoms with Gasteiger partial charge in [-0.05, 0) is 68.5 Å². The molecule has 0 radical (unpaired) electrons. The van der Waals surface area contributed by atoms with E-state index in [9.17, 15) is 0 Å². The molecular weight excluding hydrogens is 332 g/mol. The molecule has 4 nitrogen and oxygen atoms in total. The first kappa shape index (κ1) is 18.3. The summed E-state index contributed by atoms with van der Waals surface area (Å²) in [5.74, 6) is 1.58. The second kappa shape index (κ2) is 9.28. The van der Waals surface area contributed by atoms with Gasteiger partial charge in [-0.2, -0.15) is 0 Å². The van der Waals surface area contributed by atoms with Gasteiger partial charge in [0.25, 0.3) is 0 Å². The lowest BCUT2D eigenvalue weighted by atomic mass is 10.2. The van der Waals surface area contributed by atoms with Gasteiger partial charge in [-0.1, -0.05) is 0 Å². The van der Waals surface area contributed by atoms with Crippen LogP contribution >= 0.6 is 15.9 Å².